The molecule has 1 aliphatic rings. The molecule has 112 valence electrons. The smallest absolute Gasteiger partial charge is 0.0368 e. The van der Waals surface area contributed by atoms with Gasteiger partial charge >= 0.3 is 0 Å². The molecule has 2 aromatic rings. The van der Waals surface area contributed by atoms with Crippen LogP contribution in [-0.2, 0) is 6.42 Å². The molecule has 21 heavy (non-hydrogen) atoms. The van der Waals surface area contributed by atoms with Crippen LogP contribution in [-0.4, -0.2) is 37.6 Å². The Balaban J connectivity index is 1.41. The molecule has 2 heterocycles. The summed E-state index contributed by atoms with van der Waals surface area (Å²) in [6, 6.07) is 12.6. The second-order valence-corrected chi connectivity index (χ2v) is 6.64. The van der Waals surface area contributed by atoms with Crippen LogP contribution >= 0.6 is 11.3 Å². The number of nitrogens with two attached hydrogens (primary N) is 1. The molecule has 1 aromatic carbocycles. The molecule has 0 radical (unpaired) electrons. The lowest BCUT2D eigenvalue weighted by molar-refractivity contribution is 0.255. The van der Waals surface area contributed by atoms with E-state index in [2.05, 4.69) is 39.4 Å². The number of nitrogen functional groups attached to an aromatic ring is 1. The van der Waals surface area contributed by atoms with Crippen LogP contribution in [0.1, 0.15) is 11.3 Å². The normalized spacial score (nSPS) is 16.3. The molecule has 0 atom stereocenters. The van der Waals surface area contributed by atoms with E-state index in [1.54, 1.807) is 0 Å². The van der Waals surface area contributed by atoms with Gasteiger partial charge in [0, 0.05) is 42.4 Å². The van der Waals surface area contributed by atoms with Gasteiger partial charge in [0.25, 0.3) is 0 Å². The standard InChI is InChI=1S/C17H23N3S/c18-15-5-7-16(8-6-15)20-12-10-19(11-13-20)9-1-3-17-4-2-14-21-17/h2,4-8,14H,1,3,9-13,18H2. The number of benzene rings is 1. The predicted molar refractivity (Wildman–Crippen MR) is 92.1 cm³/mol. The maximum Gasteiger partial charge on any atom is 0.0368 e. The van der Waals surface area contributed by atoms with Crippen molar-refractivity contribution in [1.29, 1.82) is 0 Å². The predicted octanol–water partition coefficient (Wildman–Crippen LogP) is 3.09. The number of hydrogen-bond acceptors (Lipinski definition) is 4. The third-order valence-corrected chi connectivity index (χ3v) is 5.04. The van der Waals surface area contributed by atoms with E-state index in [0.29, 0.717) is 0 Å². The maximum absolute atomic E-state index is 5.75. The van der Waals surface area contributed by atoms with E-state index in [1.807, 2.05) is 23.5 Å². The highest BCUT2D eigenvalue weighted by molar-refractivity contribution is 7.09. The zero-order valence-electron chi connectivity index (χ0n) is 12.4. The van der Waals surface area contributed by atoms with Crippen LogP contribution in [0.25, 0.3) is 0 Å². The number of rotatable bonds is 5. The highest BCUT2D eigenvalue weighted by Gasteiger charge is 2.16. The molecule has 2 N–H and O–H groups in total. The van der Waals surface area contributed by atoms with Gasteiger partial charge in [-0.25, -0.2) is 0 Å². The van der Waals surface area contributed by atoms with E-state index in [1.165, 1.54) is 30.0 Å². The molecule has 0 bridgehead atoms. The molecule has 3 rings (SSSR count). The average Bonchev–Trinajstić information content (AvgIpc) is 3.02. The van der Waals surface area contributed by atoms with Gasteiger partial charge in [0.15, 0.2) is 0 Å². The third kappa shape index (κ3) is 3.99. The van der Waals surface area contributed by atoms with E-state index in [0.717, 1.165) is 31.9 Å². The molecule has 0 spiro atoms. The topological polar surface area (TPSA) is 32.5 Å². The Labute approximate surface area is 131 Å². The fourth-order valence-electron chi connectivity index (χ4n) is 2.85. The summed E-state index contributed by atoms with van der Waals surface area (Å²) in [6.45, 7) is 5.77. The summed E-state index contributed by atoms with van der Waals surface area (Å²) in [5.41, 5.74) is 7.88. The quantitative estimate of drug-likeness (QED) is 0.861. The van der Waals surface area contributed by atoms with Gasteiger partial charge in [-0.1, -0.05) is 6.07 Å². The van der Waals surface area contributed by atoms with E-state index < -0.39 is 0 Å². The van der Waals surface area contributed by atoms with Gasteiger partial charge in [0.05, 0.1) is 0 Å². The Morgan fingerprint density at radius 1 is 1.00 bits per heavy atom. The van der Waals surface area contributed by atoms with Crippen LogP contribution in [0.15, 0.2) is 41.8 Å². The maximum atomic E-state index is 5.75. The highest BCUT2D eigenvalue weighted by atomic mass is 32.1. The second kappa shape index (κ2) is 6.96. The van der Waals surface area contributed by atoms with Crippen LogP contribution in [0.4, 0.5) is 11.4 Å². The lowest BCUT2D eigenvalue weighted by Crippen LogP contribution is -2.46. The summed E-state index contributed by atoms with van der Waals surface area (Å²) in [6.07, 6.45) is 2.48. The van der Waals surface area contributed by atoms with Gasteiger partial charge < -0.3 is 10.6 Å². The molecular weight excluding hydrogens is 278 g/mol. The van der Waals surface area contributed by atoms with Crippen LogP contribution in [0.2, 0.25) is 0 Å². The van der Waals surface area contributed by atoms with Gasteiger partial charge in [-0.15, -0.1) is 11.3 Å². The lowest BCUT2D eigenvalue weighted by Gasteiger charge is -2.36. The Bertz CT molecular complexity index is 528. The summed E-state index contributed by atoms with van der Waals surface area (Å²) >= 11 is 1.87. The molecule has 0 unspecified atom stereocenters. The number of nitrogens with zero attached hydrogens (tertiary/aromatic N) is 2. The Morgan fingerprint density at radius 3 is 2.43 bits per heavy atom. The zero-order valence-corrected chi connectivity index (χ0v) is 13.2. The van der Waals surface area contributed by atoms with Crippen molar-refractivity contribution in [3.8, 4) is 0 Å². The fraction of sp³-hybridized carbons (Fsp3) is 0.412. The summed E-state index contributed by atoms with van der Waals surface area (Å²) < 4.78 is 0. The van der Waals surface area contributed by atoms with Crippen molar-refractivity contribution in [3.05, 3.63) is 46.7 Å². The zero-order chi connectivity index (χ0) is 14.5. The molecule has 1 saturated heterocycles. The van der Waals surface area contributed by atoms with Crippen molar-refractivity contribution in [1.82, 2.24) is 4.90 Å². The first-order valence-corrected chi connectivity index (χ1v) is 8.54. The van der Waals surface area contributed by atoms with Crippen molar-refractivity contribution in [3.63, 3.8) is 0 Å². The Hall–Kier alpha value is -1.52. The molecule has 1 aliphatic heterocycles. The Kier molecular flexibility index (Phi) is 4.78. The third-order valence-electron chi connectivity index (χ3n) is 4.11. The molecule has 0 saturated carbocycles. The average molecular weight is 301 g/mol. The largest absolute Gasteiger partial charge is 0.399 e. The first kappa shape index (κ1) is 14.4. The second-order valence-electron chi connectivity index (χ2n) is 5.60. The minimum Gasteiger partial charge on any atom is -0.399 e. The van der Waals surface area contributed by atoms with Crippen LogP contribution in [0.3, 0.4) is 0 Å². The van der Waals surface area contributed by atoms with E-state index >= 15 is 0 Å². The number of aryl methyl sites for hydroxylation is 1. The number of thiophene rings is 1. The van der Waals surface area contributed by atoms with Crippen LogP contribution in [0.5, 0.6) is 0 Å². The van der Waals surface area contributed by atoms with E-state index in [9.17, 15) is 0 Å². The van der Waals surface area contributed by atoms with Crippen molar-refractivity contribution in [2.45, 2.75) is 12.8 Å². The van der Waals surface area contributed by atoms with Gasteiger partial charge in [-0.3, -0.25) is 4.90 Å². The first-order chi connectivity index (χ1) is 10.3. The first-order valence-electron chi connectivity index (χ1n) is 7.66. The summed E-state index contributed by atoms with van der Waals surface area (Å²) in [5, 5.41) is 2.17. The molecule has 0 amide bonds. The van der Waals surface area contributed by atoms with Gasteiger partial charge in [0.2, 0.25) is 0 Å². The lowest BCUT2D eigenvalue weighted by atomic mass is 10.2. The molecule has 1 fully saturated rings. The molecule has 0 aliphatic carbocycles. The van der Waals surface area contributed by atoms with E-state index in [4.69, 9.17) is 5.73 Å². The molecule has 1 aromatic heterocycles. The number of hydrogen-bond donors (Lipinski definition) is 1. The van der Waals surface area contributed by atoms with Crippen LogP contribution in [0, 0.1) is 0 Å². The SMILES string of the molecule is Nc1ccc(N2CCN(CCCc3cccs3)CC2)cc1. The minimum absolute atomic E-state index is 0.839. The van der Waals surface area contributed by atoms with Gasteiger partial charge in [0.1, 0.15) is 0 Å². The number of piperazine rings is 1. The monoisotopic (exact) mass is 301 g/mol. The van der Waals surface area contributed by atoms with Crippen molar-refractivity contribution < 1.29 is 0 Å². The van der Waals surface area contributed by atoms with Gasteiger partial charge in [-0.05, 0) is 55.1 Å². The fourth-order valence-corrected chi connectivity index (χ4v) is 3.60. The highest BCUT2D eigenvalue weighted by Crippen LogP contribution is 2.18. The minimum atomic E-state index is 0.839. The van der Waals surface area contributed by atoms with Gasteiger partial charge in [-0.2, -0.15) is 0 Å². The molecular formula is C17H23N3S. The van der Waals surface area contributed by atoms with Crippen molar-refractivity contribution >= 4 is 22.7 Å². The molecule has 4 heteroatoms. The Morgan fingerprint density at radius 2 is 1.76 bits per heavy atom. The number of anilines is 2. The summed E-state index contributed by atoms with van der Waals surface area (Å²) in [5.74, 6) is 0. The molecule has 3 nitrogen and oxygen atoms in total. The van der Waals surface area contributed by atoms with Crippen molar-refractivity contribution in [2.75, 3.05) is 43.4 Å². The van der Waals surface area contributed by atoms with Crippen LogP contribution < -0.4 is 10.6 Å². The summed E-state index contributed by atoms with van der Waals surface area (Å²) in [7, 11) is 0. The summed E-state index contributed by atoms with van der Waals surface area (Å²) in [4.78, 5) is 6.55. The van der Waals surface area contributed by atoms with Crippen molar-refractivity contribution in [2.24, 2.45) is 0 Å². The van der Waals surface area contributed by atoms with E-state index in [-0.39, 0.29) is 0 Å².